The van der Waals surface area contributed by atoms with E-state index < -0.39 is 32.2 Å². The number of hydrogen-bond acceptors (Lipinski definition) is 6. The average molecular weight is 413 g/mol. The molecule has 2 aliphatic rings. The van der Waals surface area contributed by atoms with Crippen molar-refractivity contribution in [3.05, 3.63) is 0 Å². The van der Waals surface area contributed by atoms with Gasteiger partial charge in [-0.1, -0.05) is 6.42 Å². The van der Waals surface area contributed by atoms with E-state index in [9.17, 15) is 28.6 Å². The molecule has 0 aromatic rings. The number of amides is 1. The molecule has 0 aromatic heterocycles. The number of nitrogens with two attached hydrogens (primary N) is 1. The Morgan fingerprint density at radius 1 is 1.12 bits per heavy atom. The van der Waals surface area contributed by atoms with Crippen LogP contribution in [0.3, 0.4) is 0 Å². The second-order valence-corrected chi connectivity index (χ2v) is 10.8. The molecule has 5 N–H and O–H groups in total. The highest BCUT2D eigenvalue weighted by atomic mass is 31.2. The first-order valence-electron chi connectivity index (χ1n) is 8.86. The van der Waals surface area contributed by atoms with E-state index >= 15 is 0 Å². The molecule has 0 radical (unpaired) electrons. The van der Waals surface area contributed by atoms with Gasteiger partial charge in [-0.15, -0.1) is 0 Å². The third kappa shape index (κ3) is 4.56. The maximum atomic E-state index is 12.4. The quantitative estimate of drug-likeness (QED) is 0.436. The van der Waals surface area contributed by atoms with Gasteiger partial charge in [0.1, 0.15) is 5.54 Å². The van der Waals surface area contributed by atoms with E-state index in [1.807, 2.05) is 0 Å². The molecule has 0 bridgehead atoms. The lowest BCUT2D eigenvalue weighted by Crippen LogP contribution is -2.64. The summed E-state index contributed by atoms with van der Waals surface area (Å²) in [4.78, 5) is 44.9. The maximum absolute atomic E-state index is 12.4. The predicted octanol–water partition coefficient (Wildman–Crippen LogP) is 0.475. The van der Waals surface area contributed by atoms with Crippen molar-refractivity contribution in [2.24, 2.45) is 5.73 Å². The summed E-state index contributed by atoms with van der Waals surface area (Å²) in [6.45, 7) is 2.99. The molecular weight excluding hydrogens is 384 g/mol. The van der Waals surface area contributed by atoms with Crippen LogP contribution in [0, 0.1) is 0 Å². The van der Waals surface area contributed by atoms with Gasteiger partial charge in [-0.3, -0.25) is 23.7 Å². The van der Waals surface area contributed by atoms with Gasteiger partial charge in [-0.2, -0.15) is 0 Å². The van der Waals surface area contributed by atoms with Crippen molar-refractivity contribution in [3.8, 4) is 0 Å². The minimum Gasteiger partial charge on any atom is -0.368 e. The first kappa shape index (κ1) is 22.0. The van der Waals surface area contributed by atoms with Crippen molar-refractivity contribution >= 4 is 21.1 Å². The monoisotopic (exact) mass is 413 g/mol. The molecule has 2 fully saturated rings. The zero-order chi connectivity index (χ0) is 19.6. The van der Waals surface area contributed by atoms with Crippen LogP contribution in [0.25, 0.3) is 0 Å². The Hall–Kier alpha value is -0.310. The summed E-state index contributed by atoms with van der Waals surface area (Å²) in [7, 11) is -9.49. The van der Waals surface area contributed by atoms with E-state index in [0.29, 0.717) is 0 Å². The zero-order valence-corrected chi connectivity index (χ0v) is 16.8. The van der Waals surface area contributed by atoms with E-state index in [2.05, 4.69) is 4.90 Å². The molecular formula is C14H29N3O7P2. The molecule has 2 aliphatic heterocycles. The van der Waals surface area contributed by atoms with Gasteiger partial charge in [0.05, 0.1) is 6.61 Å². The van der Waals surface area contributed by atoms with Crippen LogP contribution in [0.4, 0.5) is 0 Å². The van der Waals surface area contributed by atoms with Crippen molar-refractivity contribution < 1.29 is 33.1 Å². The van der Waals surface area contributed by atoms with Gasteiger partial charge in [0.2, 0.25) is 11.4 Å². The number of nitrogens with zero attached hydrogens (tertiary/aromatic N) is 2. The minimum absolute atomic E-state index is 0.0762. The molecule has 0 saturated carbocycles. The molecule has 2 heterocycles. The second-order valence-electron chi connectivity index (χ2n) is 6.90. The number of piperidine rings is 2. The molecule has 0 aromatic carbocycles. The summed E-state index contributed by atoms with van der Waals surface area (Å²) < 4.78 is 29.0. The summed E-state index contributed by atoms with van der Waals surface area (Å²) >= 11 is 0. The molecule has 26 heavy (non-hydrogen) atoms. The fourth-order valence-corrected chi connectivity index (χ4v) is 7.55. The first-order valence-corrected chi connectivity index (χ1v) is 12.2. The number of carbonyl (C=O) groups is 1. The van der Waals surface area contributed by atoms with Crippen molar-refractivity contribution in [2.75, 3.05) is 32.8 Å². The topological polar surface area (TPSA) is 154 Å². The molecule has 2 unspecified atom stereocenters. The number of rotatable bonds is 7. The van der Waals surface area contributed by atoms with Gasteiger partial charge in [0.25, 0.3) is 0 Å². The highest BCUT2D eigenvalue weighted by Crippen LogP contribution is 2.64. The van der Waals surface area contributed by atoms with Crippen LogP contribution in [0.1, 0.15) is 39.0 Å². The van der Waals surface area contributed by atoms with Gasteiger partial charge >= 0.3 is 15.2 Å². The van der Waals surface area contributed by atoms with E-state index in [1.165, 1.54) is 11.8 Å². The minimum atomic E-state index is -4.94. The van der Waals surface area contributed by atoms with Gasteiger partial charge < -0.3 is 24.9 Å². The summed E-state index contributed by atoms with van der Waals surface area (Å²) in [5.41, 5.74) is 2.89. The zero-order valence-electron chi connectivity index (χ0n) is 15.0. The molecule has 10 nitrogen and oxygen atoms in total. The normalized spacial score (nSPS) is 26.2. The third-order valence-electron chi connectivity index (χ3n) is 5.28. The fourth-order valence-electron chi connectivity index (χ4n) is 4.03. The van der Waals surface area contributed by atoms with Crippen molar-refractivity contribution in [3.63, 3.8) is 0 Å². The Bertz CT molecular complexity index is 597. The van der Waals surface area contributed by atoms with Gasteiger partial charge in [-0.25, -0.2) is 0 Å². The van der Waals surface area contributed by atoms with Crippen LogP contribution in [-0.2, 0) is 18.4 Å². The molecule has 2 saturated heterocycles. The molecule has 12 heteroatoms. The Balaban J connectivity index is 2.21. The van der Waals surface area contributed by atoms with Crippen molar-refractivity contribution in [1.29, 1.82) is 0 Å². The lowest BCUT2D eigenvalue weighted by molar-refractivity contribution is -0.134. The van der Waals surface area contributed by atoms with E-state index in [4.69, 9.17) is 10.3 Å². The number of carbonyl (C=O) groups excluding carboxylic acids is 1. The van der Waals surface area contributed by atoms with E-state index in [1.54, 1.807) is 0 Å². The second kappa shape index (κ2) is 8.37. The van der Waals surface area contributed by atoms with Gasteiger partial charge in [0.15, 0.2) is 0 Å². The molecule has 152 valence electrons. The molecule has 0 aliphatic carbocycles. The predicted molar refractivity (Wildman–Crippen MR) is 95.4 cm³/mol. The Kier molecular flexibility index (Phi) is 7.08. The summed E-state index contributed by atoms with van der Waals surface area (Å²) in [6.07, 6.45) is 3.55. The van der Waals surface area contributed by atoms with Gasteiger partial charge in [-0.05, 0) is 45.7 Å². The molecule has 1 amide bonds. The maximum Gasteiger partial charge on any atom is 0.357 e. The van der Waals surface area contributed by atoms with Crippen LogP contribution in [0.5, 0.6) is 0 Å². The Morgan fingerprint density at radius 2 is 1.65 bits per heavy atom. The SMILES string of the molecule is CCOP(=O)(O)C(N1CCC(C(N)=O)(N2CCCCC2)CC1)P(=O)(O)O. The smallest absolute Gasteiger partial charge is 0.357 e. The summed E-state index contributed by atoms with van der Waals surface area (Å²) in [6, 6.07) is 0. The highest BCUT2D eigenvalue weighted by Gasteiger charge is 2.53. The molecule has 2 rings (SSSR count). The van der Waals surface area contributed by atoms with Crippen LogP contribution in [-0.4, -0.2) is 74.2 Å². The average Bonchev–Trinajstić information content (AvgIpc) is 2.54. The molecule has 0 spiro atoms. The Morgan fingerprint density at radius 3 is 2.08 bits per heavy atom. The number of likely N-dealkylation sites (tertiary alicyclic amines) is 2. The van der Waals surface area contributed by atoms with E-state index in [0.717, 1.165) is 32.4 Å². The highest BCUT2D eigenvalue weighted by molar-refractivity contribution is 7.71. The van der Waals surface area contributed by atoms with Crippen LogP contribution >= 0.6 is 15.2 Å². The number of primary amides is 1. The van der Waals surface area contributed by atoms with Crippen LogP contribution in [0.15, 0.2) is 0 Å². The number of hydrogen-bond donors (Lipinski definition) is 4. The third-order valence-corrected chi connectivity index (χ3v) is 9.52. The van der Waals surface area contributed by atoms with Crippen LogP contribution in [0.2, 0.25) is 0 Å². The Labute approximate surface area is 153 Å². The lowest BCUT2D eigenvalue weighted by atomic mass is 9.83. The first-order chi connectivity index (χ1) is 12.0. The van der Waals surface area contributed by atoms with E-state index in [-0.39, 0.29) is 32.5 Å². The summed E-state index contributed by atoms with van der Waals surface area (Å²) in [5.74, 6) is -0.455. The van der Waals surface area contributed by atoms with Gasteiger partial charge in [0, 0.05) is 13.1 Å². The standard InChI is InChI=1S/C14H29N3O7P2/c1-2-24-26(22,23)13(25(19,20)21)16-10-6-14(7-11-16,12(15)18)17-8-4-3-5-9-17/h13H,2-11H2,1H3,(H2,15,18)(H,22,23)(H2,19,20,21). The van der Waals surface area contributed by atoms with Crippen LogP contribution < -0.4 is 5.73 Å². The summed E-state index contributed by atoms with van der Waals surface area (Å²) in [5, 5.41) is 0. The lowest BCUT2D eigenvalue weighted by Gasteiger charge is -2.49. The van der Waals surface area contributed by atoms with Crippen molar-refractivity contribution in [2.45, 2.75) is 50.1 Å². The largest absolute Gasteiger partial charge is 0.368 e. The molecule has 2 atom stereocenters. The van der Waals surface area contributed by atoms with Crippen molar-refractivity contribution in [1.82, 2.24) is 9.80 Å². The fraction of sp³-hybridized carbons (Fsp3) is 0.929.